The van der Waals surface area contributed by atoms with E-state index in [9.17, 15) is 4.79 Å². The third-order valence-electron chi connectivity index (χ3n) is 3.45. The van der Waals surface area contributed by atoms with E-state index >= 15 is 0 Å². The number of rotatable bonds is 3. The number of halogens is 1. The van der Waals surface area contributed by atoms with Gasteiger partial charge in [-0.05, 0) is 43.3 Å². The predicted molar refractivity (Wildman–Crippen MR) is 85.6 cm³/mol. The number of furan rings is 1. The highest BCUT2D eigenvalue weighted by Gasteiger charge is 2.26. The molecule has 0 radical (unpaired) electrons. The van der Waals surface area contributed by atoms with Crippen molar-refractivity contribution in [3.63, 3.8) is 0 Å². The van der Waals surface area contributed by atoms with Gasteiger partial charge in [0.15, 0.2) is 10.9 Å². The van der Waals surface area contributed by atoms with Gasteiger partial charge < -0.3 is 14.1 Å². The maximum atomic E-state index is 12.5. The molecule has 6 heteroatoms. The van der Waals surface area contributed by atoms with Gasteiger partial charge in [-0.1, -0.05) is 23.4 Å². The summed E-state index contributed by atoms with van der Waals surface area (Å²) in [6, 6.07) is 11.1. The smallest absolute Gasteiger partial charge is 0.290 e. The van der Waals surface area contributed by atoms with Crippen LogP contribution in [0.25, 0.3) is 0 Å². The molecule has 1 aliphatic heterocycles. The number of benzene rings is 1. The first-order chi connectivity index (χ1) is 10.6. The number of morpholine rings is 1. The molecule has 0 bridgehead atoms. The van der Waals surface area contributed by atoms with Gasteiger partial charge in [0.1, 0.15) is 0 Å². The van der Waals surface area contributed by atoms with Crippen molar-refractivity contribution >= 4 is 29.3 Å². The molecule has 22 heavy (non-hydrogen) atoms. The van der Waals surface area contributed by atoms with Crippen LogP contribution in [0.5, 0.6) is 0 Å². The molecule has 1 aromatic heterocycles. The van der Waals surface area contributed by atoms with Gasteiger partial charge in [0.2, 0.25) is 0 Å². The average Bonchev–Trinajstić information content (AvgIpc) is 2.98. The van der Waals surface area contributed by atoms with Gasteiger partial charge in [0, 0.05) is 16.5 Å². The van der Waals surface area contributed by atoms with Crippen LogP contribution < -0.4 is 0 Å². The molecule has 1 atom stereocenters. The Morgan fingerprint density at radius 3 is 2.77 bits per heavy atom. The summed E-state index contributed by atoms with van der Waals surface area (Å²) < 4.78 is 11.0. The largest absolute Gasteiger partial charge is 0.444 e. The molecule has 2 heterocycles. The molecule has 0 unspecified atom stereocenters. The fourth-order valence-electron chi connectivity index (χ4n) is 2.28. The highest BCUT2D eigenvalue weighted by Crippen LogP contribution is 2.30. The third-order valence-corrected chi connectivity index (χ3v) is 4.63. The molecule has 2 aromatic rings. The highest BCUT2D eigenvalue weighted by molar-refractivity contribution is 7.99. The predicted octanol–water partition coefficient (Wildman–Crippen LogP) is 3.95. The van der Waals surface area contributed by atoms with Crippen molar-refractivity contribution < 1.29 is 13.9 Å². The first-order valence-corrected chi connectivity index (χ1v) is 8.25. The molecule has 0 saturated carbocycles. The monoisotopic (exact) mass is 337 g/mol. The van der Waals surface area contributed by atoms with Crippen LogP contribution in [0, 0.1) is 0 Å². The molecule has 1 fully saturated rings. The van der Waals surface area contributed by atoms with E-state index in [-0.39, 0.29) is 11.9 Å². The molecule has 1 saturated heterocycles. The number of carbonyl (C=O) groups excluding carboxylic acids is 1. The van der Waals surface area contributed by atoms with Gasteiger partial charge in [-0.15, -0.1) is 0 Å². The number of nitrogens with zero attached hydrogens (tertiary/aromatic N) is 1. The minimum atomic E-state index is -0.0845. The zero-order chi connectivity index (χ0) is 15.5. The second-order valence-corrected chi connectivity index (χ2v) is 6.61. The van der Waals surface area contributed by atoms with Crippen molar-refractivity contribution in [2.24, 2.45) is 0 Å². The van der Waals surface area contributed by atoms with Gasteiger partial charge >= 0.3 is 0 Å². The first kappa shape index (κ1) is 15.5. The van der Waals surface area contributed by atoms with Gasteiger partial charge in [-0.25, -0.2) is 0 Å². The van der Waals surface area contributed by atoms with Crippen LogP contribution in [0.4, 0.5) is 0 Å². The standard InChI is InChI=1S/C16H16ClNO3S/c1-11-10-20-9-8-18(11)16(19)14-6-7-15(21-14)22-13-4-2-12(17)3-5-13/h2-7,11H,8-10H2,1H3/t11-/m1/s1. The van der Waals surface area contributed by atoms with Crippen molar-refractivity contribution in [2.75, 3.05) is 19.8 Å². The fraction of sp³-hybridized carbons (Fsp3) is 0.312. The van der Waals surface area contributed by atoms with Crippen LogP contribution in [-0.4, -0.2) is 36.6 Å². The van der Waals surface area contributed by atoms with Crippen LogP contribution in [0.1, 0.15) is 17.5 Å². The molecular formula is C16H16ClNO3S. The van der Waals surface area contributed by atoms with E-state index in [0.29, 0.717) is 35.6 Å². The summed E-state index contributed by atoms with van der Waals surface area (Å²) in [6.45, 7) is 3.71. The lowest BCUT2D eigenvalue weighted by Crippen LogP contribution is -2.47. The third kappa shape index (κ3) is 3.48. The molecule has 1 aliphatic rings. The molecule has 1 amide bonds. The second-order valence-electron chi connectivity index (χ2n) is 5.10. The molecule has 4 nitrogen and oxygen atoms in total. The van der Waals surface area contributed by atoms with E-state index in [1.807, 2.05) is 37.3 Å². The van der Waals surface area contributed by atoms with E-state index in [0.717, 1.165) is 4.90 Å². The van der Waals surface area contributed by atoms with Crippen LogP contribution in [0.15, 0.2) is 50.8 Å². The summed E-state index contributed by atoms with van der Waals surface area (Å²) >= 11 is 7.33. The fourth-order valence-corrected chi connectivity index (χ4v) is 3.18. The number of ether oxygens (including phenoxy) is 1. The Labute approximate surface area is 138 Å². The highest BCUT2D eigenvalue weighted by atomic mass is 35.5. The molecule has 0 N–H and O–H groups in total. The van der Waals surface area contributed by atoms with Crippen molar-refractivity contribution in [1.82, 2.24) is 4.90 Å². The maximum absolute atomic E-state index is 12.5. The Kier molecular flexibility index (Phi) is 4.76. The second kappa shape index (κ2) is 6.77. The molecule has 3 rings (SSSR count). The van der Waals surface area contributed by atoms with Crippen LogP contribution in [0.2, 0.25) is 5.02 Å². The Morgan fingerprint density at radius 2 is 2.05 bits per heavy atom. The minimum absolute atomic E-state index is 0.0683. The lowest BCUT2D eigenvalue weighted by molar-refractivity contribution is 0.00173. The van der Waals surface area contributed by atoms with E-state index in [2.05, 4.69) is 0 Å². The Morgan fingerprint density at radius 1 is 1.27 bits per heavy atom. The Balaban J connectivity index is 1.70. The van der Waals surface area contributed by atoms with Gasteiger partial charge in [-0.2, -0.15) is 0 Å². The summed E-state index contributed by atoms with van der Waals surface area (Å²) in [6.07, 6.45) is 0. The summed E-state index contributed by atoms with van der Waals surface area (Å²) in [7, 11) is 0. The zero-order valence-electron chi connectivity index (χ0n) is 12.1. The summed E-state index contributed by atoms with van der Waals surface area (Å²) in [5.74, 6) is 0.281. The molecule has 0 aliphatic carbocycles. The van der Waals surface area contributed by atoms with Crippen molar-refractivity contribution in [3.05, 3.63) is 47.2 Å². The number of hydrogen-bond acceptors (Lipinski definition) is 4. The number of carbonyl (C=O) groups is 1. The van der Waals surface area contributed by atoms with Crippen molar-refractivity contribution in [1.29, 1.82) is 0 Å². The van der Waals surface area contributed by atoms with Crippen molar-refractivity contribution in [3.8, 4) is 0 Å². The lowest BCUT2D eigenvalue weighted by atomic mass is 10.2. The maximum Gasteiger partial charge on any atom is 0.290 e. The quantitative estimate of drug-likeness (QED) is 0.850. The minimum Gasteiger partial charge on any atom is -0.444 e. The number of amides is 1. The van der Waals surface area contributed by atoms with E-state index in [4.69, 9.17) is 20.8 Å². The van der Waals surface area contributed by atoms with Crippen LogP contribution in [0.3, 0.4) is 0 Å². The topological polar surface area (TPSA) is 42.7 Å². The molecular weight excluding hydrogens is 322 g/mol. The van der Waals surface area contributed by atoms with Crippen LogP contribution in [-0.2, 0) is 4.74 Å². The normalized spacial score (nSPS) is 18.5. The Hall–Kier alpha value is -1.43. The summed E-state index contributed by atoms with van der Waals surface area (Å²) in [4.78, 5) is 15.3. The van der Waals surface area contributed by atoms with Crippen LogP contribution >= 0.6 is 23.4 Å². The van der Waals surface area contributed by atoms with Gasteiger partial charge in [0.25, 0.3) is 5.91 Å². The molecule has 1 aromatic carbocycles. The number of hydrogen-bond donors (Lipinski definition) is 0. The summed E-state index contributed by atoms with van der Waals surface area (Å²) in [5, 5.41) is 1.38. The Bertz CT molecular complexity index is 656. The zero-order valence-corrected chi connectivity index (χ0v) is 13.7. The van der Waals surface area contributed by atoms with Crippen molar-refractivity contribution in [2.45, 2.75) is 23.0 Å². The first-order valence-electron chi connectivity index (χ1n) is 7.05. The summed E-state index contributed by atoms with van der Waals surface area (Å²) in [5.41, 5.74) is 0. The lowest BCUT2D eigenvalue weighted by Gasteiger charge is -2.32. The van der Waals surface area contributed by atoms with E-state index in [1.165, 1.54) is 11.8 Å². The average molecular weight is 338 g/mol. The van der Waals surface area contributed by atoms with E-state index in [1.54, 1.807) is 11.0 Å². The van der Waals surface area contributed by atoms with Gasteiger partial charge in [0.05, 0.1) is 19.3 Å². The van der Waals surface area contributed by atoms with Gasteiger partial charge in [-0.3, -0.25) is 4.79 Å². The van der Waals surface area contributed by atoms with E-state index < -0.39 is 0 Å². The SMILES string of the molecule is C[C@@H]1COCCN1C(=O)c1ccc(Sc2ccc(Cl)cc2)o1. The molecule has 116 valence electrons. The molecule has 0 spiro atoms.